The fourth-order valence-electron chi connectivity index (χ4n) is 0.130. The van der Waals surface area contributed by atoms with E-state index in [0.717, 1.165) is 0 Å². The van der Waals surface area contributed by atoms with E-state index in [9.17, 15) is 0 Å². The maximum atomic E-state index is 8.26. The smallest absolute Gasteiger partial charge is 0.197 e. The molecule has 0 aromatic carbocycles. The van der Waals surface area contributed by atoms with Crippen LogP contribution >= 0.6 is 0 Å². The number of hydrogen-bond donors (Lipinski definition) is 1. The van der Waals surface area contributed by atoms with Crippen molar-refractivity contribution in [1.29, 1.82) is 10.8 Å². The highest BCUT2D eigenvalue weighted by atomic mass is 17.3. The van der Waals surface area contributed by atoms with Gasteiger partial charge in [0.25, 0.3) is 0 Å². The van der Waals surface area contributed by atoms with Gasteiger partial charge in [0.2, 0.25) is 0 Å². The van der Waals surface area contributed by atoms with E-state index in [2.05, 4.69) is 15.2 Å². The first-order valence-corrected chi connectivity index (χ1v) is 2.25. The number of nitrogens with zero attached hydrogens (tertiary/aromatic N) is 2. The van der Waals surface area contributed by atoms with Gasteiger partial charge in [0.05, 0.1) is 5.28 Å². The van der Waals surface area contributed by atoms with E-state index in [1.165, 1.54) is 13.8 Å². The van der Waals surface area contributed by atoms with Crippen LogP contribution in [0.3, 0.4) is 0 Å². The molecule has 0 heterocycles. The average molecular weight is 129 g/mol. The second-order valence-corrected chi connectivity index (χ2v) is 1.87. The van der Waals surface area contributed by atoms with Crippen molar-refractivity contribution in [2.24, 2.45) is 5.28 Å². The van der Waals surface area contributed by atoms with Gasteiger partial charge in [-0.2, -0.15) is 15.8 Å². The molecular formula is C4H7N3O2. The third-order valence-corrected chi connectivity index (χ3v) is 0.552. The van der Waals surface area contributed by atoms with Gasteiger partial charge >= 0.3 is 0 Å². The zero-order chi connectivity index (χ0) is 7.33. The normalized spacial score (nSPS) is 9.89. The molecule has 0 unspecified atom stereocenters. The van der Waals surface area contributed by atoms with Crippen molar-refractivity contribution >= 4 is 0 Å². The quantitative estimate of drug-likeness (QED) is 0.353. The molecule has 5 nitrogen and oxygen atoms in total. The van der Waals surface area contributed by atoms with Crippen LogP contribution in [0.2, 0.25) is 0 Å². The summed E-state index contributed by atoms with van der Waals surface area (Å²) in [6.07, 6.45) is 0. The van der Waals surface area contributed by atoms with Gasteiger partial charge in [-0.15, -0.1) is 4.89 Å². The summed E-state index contributed by atoms with van der Waals surface area (Å²) in [6, 6.07) is 1.79. The van der Waals surface area contributed by atoms with E-state index in [0.29, 0.717) is 0 Å². The maximum Gasteiger partial charge on any atom is 0.197 e. The Balaban J connectivity index is 3.61. The molecule has 0 bridgehead atoms. The molecule has 0 radical (unpaired) electrons. The fourth-order valence-corrected chi connectivity index (χ4v) is 0.130. The molecule has 0 amide bonds. The van der Waals surface area contributed by atoms with E-state index in [1.54, 1.807) is 6.07 Å². The highest BCUT2D eigenvalue weighted by Crippen LogP contribution is 2.06. The molecule has 0 aromatic rings. The lowest BCUT2D eigenvalue weighted by molar-refractivity contribution is -0.347. The van der Waals surface area contributed by atoms with Gasteiger partial charge in [-0.25, -0.2) is 0 Å². The van der Waals surface area contributed by atoms with Gasteiger partial charge in [0, 0.05) is 0 Å². The number of hydrogen-bond acceptors (Lipinski definition) is 5. The van der Waals surface area contributed by atoms with Crippen LogP contribution in [0.4, 0.5) is 0 Å². The Bertz CT molecular complexity index is 137. The summed E-state index contributed by atoms with van der Waals surface area (Å²) >= 11 is 0. The molecule has 0 aromatic heterocycles. The van der Waals surface area contributed by atoms with Crippen LogP contribution in [0.15, 0.2) is 5.28 Å². The van der Waals surface area contributed by atoms with Crippen LogP contribution in [0.25, 0.3) is 0 Å². The molecule has 0 aliphatic carbocycles. The van der Waals surface area contributed by atoms with Crippen molar-refractivity contribution in [3.05, 3.63) is 0 Å². The molecule has 0 aliphatic heterocycles. The Kier molecular flexibility index (Phi) is 2.61. The molecule has 0 spiro atoms. The maximum absolute atomic E-state index is 8.26. The van der Waals surface area contributed by atoms with Crippen LogP contribution in [-0.4, -0.2) is 5.60 Å². The summed E-state index contributed by atoms with van der Waals surface area (Å²) in [5.41, 5.74) is 5.09. The first-order valence-electron chi connectivity index (χ1n) is 2.25. The van der Waals surface area contributed by atoms with Gasteiger partial charge in [-0.3, -0.25) is 0 Å². The van der Waals surface area contributed by atoms with E-state index in [-0.39, 0.29) is 0 Å². The third-order valence-electron chi connectivity index (χ3n) is 0.552. The summed E-state index contributed by atoms with van der Waals surface area (Å²) in [6.45, 7) is 3.00. The predicted octanol–water partition coefficient (Wildman–Crippen LogP) is 1.18. The zero-order valence-electron chi connectivity index (χ0n) is 5.21. The molecule has 9 heavy (non-hydrogen) atoms. The summed E-state index contributed by atoms with van der Waals surface area (Å²) in [4.78, 5) is 8.17. The number of nitriles is 1. The molecule has 50 valence electrons. The van der Waals surface area contributed by atoms with E-state index < -0.39 is 5.60 Å². The summed E-state index contributed by atoms with van der Waals surface area (Å²) in [5.74, 6) is 0. The molecular weight excluding hydrogens is 122 g/mol. The lowest BCUT2D eigenvalue weighted by Gasteiger charge is -2.09. The SMILES string of the molecule is CC(C)(C#N)OON=N. The summed E-state index contributed by atoms with van der Waals surface area (Å²) in [5, 5.41) is 10.7. The first-order chi connectivity index (χ1) is 4.12. The molecule has 0 saturated carbocycles. The van der Waals surface area contributed by atoms with Gasteiger partial charge in [0.1, 0.15) is 6.07 Å². The van der Waals surface area contributed by atoms with Crippen molar-refractivity contribution in [2.45, 2.75) is 19.4 Å². The first kappa shape index (κ1) is 7.85. The van der Waals surface area contributed by atoms with Gasteiger partial charge < -0.3 is 0 Å². The topological polar surface area (TPSA) is 78.5 Å². The van der Waals surface area contributed by atoms with E-state index in [4.69, 9.17) is 10.8 Å². The molecule has 0 rings (SSSR count). The fraction of sp³-hybridized carbons (Fsp3) is 0.750. The predicted molar refractivity (Wildman–Crippen MR) is 27.0 cm³/mol. The van der Waals surface area contributed by atoms with Crippen LogP contribution < -0.4 is 0 Å². The van der Waals surface area contributed by atoms with Crippen molar-refractivity contribution in [1.82, 2.24) is 0 Å². The average Bonchev–Trinajstić information content (AvgIpc) is 1.84. The largest absolute Gasteiger partial charge is 0.199 e. The minimum absolute atomic E-state index is 1.04. The van der Waals surface area contributed by atoms with Crippen LogP contribution in [-0.2, 0) is 9.88 Å². The van der Waals surface area contributed by atoms with Crippen LogP contribution in [0.1, 0.15) is 13.8 Å². The van der Waals surface area contributed by atoms with Gasteiger partial charge in [0.15, 0.2) is 5.60 Å². The minimum Gasteiger partial charge on any atom is -0.199 e. The third kappa shape index (κ3) is 3.43. The molecule has 0 aliphatic rings. The standard InChI is InChI=1S/C4H7N3O2/c1-4(2,3-5)8-9-7-6/h6H,1-2H3. The summed E-state index contributed by atoms with van der Waals surface area (Å²) in [7, 11) is 0. The molecule has 5 heteroatoms. The Labute approximate surface area is 52.6 Å². The van der Waals surface area contributed by atoms with Crippen LogP contribution in [0, 0.1) is 16.9 Å². The zero-order valence-corrected chi connectivity index (χ0v) is 5.21. The Hall–Kier alpha value is -1.15. The summed E-state index contributed by atoms with van der Waals surface area (Å²) < 4.78 is 0. The van der Waals surface area contributed by atoms with Crippen LogP contribution in [0.5, 0.6) is 0 Å². The van der Waals surface area contributed by atoms with Crippen molar-refractivity contribution in [3.8, 4) is 6.07 Å². The van der Waals surface area contributed by atoms with Crippen molar-refractivity contribution < 1.29 is 9.88 Å². The Morgan fingerprint density at radius 3 is 2.56 bits per heavy atom. The Morgan fingerprint density at radius 2 is 2.22 bits per heavy atom. The lowest BCUT2D eigenvalue weighted by atomic mass is 10.2. The lowest BCUT2D eigenvalue weighted by Crippen LogP contribution is -2.20. The second-order valence-electron chi connectivity index (χ2n) is 1.87. The van der Waals surface area contributed by atoms with Crippen molar-refractivity contribution in [2.75, 3.05) is 0 Å². The highest BCUT2D eigenvalue weighted by molar-refractivity contribution is 4.92. The molecule has 0 fully saturated rings. The molecule has 0 atom stereocenters. The monoisotopic (exact) mass is 129 g/mol. The van der Waals surface area contributed by atoms with E-state index >= 15 is 0 Å². The van der Waals surface area contributed by atoms with Gasteiger partial charge in [-0.05, 0) is 13.8 Å². The van der Waals surface area contributed by atoms with E-state index in [1.807, 2.05) is 0 Å². The number of nitrogens with one attached hydrogen (secondary N) is 1. The molecule has 1 N–H and O–H groups in total. The minimum atomic E-state index is -1.04. The van der Waals surface area contributed by atoms with Crippen molar-refractivity contribution in [3.63, 3.8) is 0 Å². The Morgan fingerprint density at radius 1 is 1.67 bits per heavy atom. The number of rotatable bonds is 3. The van der Waals surface area contributed by atoms with Gasteiger partial charge in [-0.1, -0.05) is 0 Å². The molecule has 0 saturated heterocycles. The highest BCUT2D eigenvalue weighted by Gasteiger charge is 2.19. The second kappa shape index (κ2) is 2.99.